The predicted octanol–water partition coefficient (Wildman–Crippen LogP) is 2.40. The first-order chi connectivity index (χ1) is 8.41. The second-order valence-electron chi connectivity index (χ2n) is 7.13. The summed E-state index contributed by atoms with van der Waals surface area (Å²) >= 11 is 0. The Labute approximate surface area is 111 Å². The monoisotopic (exact) mass is 252 g/mol. The fraction of sp³-hybridized carbons (Fsp3) is 0.933. The Balaban J connectivity index is 2.05. The van der Waals surface area contributed by atoms with Gasteiger partial charge in [0.15, 0.2) is 0 Å². The van der Waals surface area contributed by atoms with Crippen LogP contribution in [0.25, 0.3) is 0 Å². The van der Waals surface area contributed by atoms with Crippen LogP contribution in [0.15, 0.2) is 0 Å². The molecule has 3 heteroatoms. The standard InChI is InChI=1S/C15H28N2O/c1-11-6-4-7-12(16)13(11)14(18)17-9-5-8-15(2,3)10-17/h11-13H,4-10,16H2,1-3H3. The van der Waals surface area contributed by atoms with E-state index in [0.29, 0.717) is 11.8 Å². The highest BCUT2D eigenvalue weighted by molar-refractivity contribution is 5.80. The van der Waals surface area contributed by atoms with Crippen LogP contribution in [0.2, 0.25) is 0 Å². The SMILES string of the molecule is CC1CCCC(N)C1C(=O)N1CCCC(C)(C)C1. The summed E-state index contributed by atoms with van der Waals surface area (Å²) in [6, 6.07) is 0.0753. The minimum atomic E-state index is 0.0626. The third-order valence-corrected chi connectivity index (χ3v) is 4.77. The van der Waals surface area contributed by atoms with Crippen molar-refractivity contribution in [3.8, 4) is 0 Å². The fourth-order valence-electron chi connectivity index (χ4n) is 3.71. The van der Waals surface area contributed by atoms with E-state index in [1.54, 1.807) is 0 Å². The average Bonchev–Trinajstić information content (AvgIpc) is 2.27. The van der Waals surface area contributed by atoms with Crippen LogP contribution in [0.3, 0.4) is 0 Å². The van der Waals surface area contributed by atoms with E-state index in [1.165, 1.54) is 12.8 Å². The molecule has 0 radical (unpaired) electrons. The van der Waals surface area contributed by atoms with Gasteiger partial charge in [0.1, 0.15) is 0 Å². The zero-order valence-corrected chi connectivity index (χ0v) is 12.1. The van der Waals surface area contributed by atoms with Gasteiger partial charge in [-0.3, -0.25) is 4.79 Å². The van der Waals surface area contributed by atoms with E-state index < -0.39 is 0 Å². The molecule has 1 aliphatic heterocycles. The maximum absolute atomic E-state index is 12.7. The van der Waals surface area contributed by atoms with Crippen LogP contribution in [-0.2, 0) is 4.79 Å². The number of rotatable bonds is 1. The highest BCUT2D eigenvalue weighted by Crippen LogP contribution is 2.34. The lowest BCUT2D eigenvalue weighted by molar-refractivity contribution is -0.142. The van der Waals surface area contributed by atoms with Gasteiger partial charge in [-0.2, -0.15) is 0 Å². The van der Waals surface area contributed by atoms with Crippen molar-refractivity contribution in [2.45, 2.75) is 58.9 Å². The molecular weight excluding hydrogens is 224 g/mol. The van der Waals surface area contributed by atoms with Gasteiger partial charge in [-0.15, -0.1) is 0 Å². The van der Waals surface area contributed by atoms with E-state index >= 15 is 0 Å². The van der Waals surface area contributed by atoms with Crippen LogP contribution in [0.1, 0.15) is 52.9 Å². The number of carbonyl (C=O) groups is 1. The molecule has 0 spiro atoms. The number of piperidine rings is 1. The lowest BCUT2D eigenvalue weighted by atomic mass is 9.75. The van der Waals surface area contributed by atoms with Crippen LogP contribution in [0.5, 0.6) is 0 Å². The van der Waals surface area contributed by atoms with Crippen molar-refractivity contribution in [3.63, 3.8) is 0 Å². The van der Waals surface area contributed by atoms with Crippen molar-refractivity contribution in [1.82, 2.24) is 4.90 Å². The molecule has 3 atom stereocenters. The summed E-state index contributed by atoms with van der Waals surface area (Å²) in [6.07, 6.45) is 5.70. The zero-order valence-electron chi connectivity index (χ0n) is 12.1. The van der Waals surface area contributed by atoms with E-state index in [0.717, 1.165) is 32.4 Å². The van der Waals surface area contributed by atoms with Gasteiger partial charge in [0.25, 0.3) is 0 Å². The average molecular weight is 252 g/mol. The van der Waals surface area contributed by atoms with Crippen molar-refractivity contribution in [3.05, 3.63) is 0 Å². The Morgan fingerprint density at radius 2 is 2.00 bits per heavy atom. The number of amides is 1. The molecule has 104 valence electrons. The number of nitrogens with two attached hydrogens (primary N) is 1. The molecule has 1 saturated carbocycles. The first-order valence-corrected chi connectivity index (χ1v) is 7.45. The Bertz CT molecular complexity index is 304. The lowest BCUT2D eigenvalue weighted by Gasteiger charge is -2.42. The molecule has 0 aromatic rings. The summed E-state index contributed by atoms with van der Waals surface area (Å²) in [5, 5.41) is 0. The number of hydrogen-bond acceptors (Lipinski definition) is 2. The molecule has 18 heavy (non-hydrogen) atoms. The third-order valence-electron chi connectivity index (χ3n) is 4.77. The Kier molecular flexibility index (Phi) is 4.00. The summed E-state index contributed by atoms with van der Waals surface area (Å²) in [5.41, 5.74) is 6.47. The van der Waals surface area contributed by atoms with Gasteiger partial charge in [0.2, 0.25) is 5.91 Å². The minimum Gasteiger partial charge on any atom is -0.342 e. The molecular formula is C15H28N2O. The van der Waals surface area contributed by atoms with Gasteiger partial charge in [0.05, 0.1) is 5.92 Å². The van der Waals surface area contributed by atoms with Crippen LogP contribution in [0, 0.1) is 17.3 Å². The topological polar surface area (TPSA) is 46.3 Å². The number of carbonyl (C=O) groups excluding carboxylic acids is 1. The molecule has 2 aliphatic rings. The van der Waals surface area contributed by atoms with Crippen LogP contribution in [-0.4, -0.2) is 29.9 Å². The number of hydrogen-bond donors (Lipinski definition) is 1. The van der Waals surface area contributed by atoms with Gasteiger partial charge >= 0.3 is 0 Å². The van der Waals surface area contributed by atoms with Gasteiger partial charge in [-0.25, -0.2) is 0 Å². The molecule has 1 saturated heterocycles. The molecule has 1 aliphatic carbocycles. The first-order valence-electron chi connectivity index (χ1n) is 7.45. The van der Waals surface area contributed by atoms with Crippen LogP contribution >= 0.6 is 0 Å². The van der Waals surface area contributed by atoms with Gasteiger partial charge < -0.3 is 10.6 Å². The fourth-order valence-corrected chi connectivity index (χ4v) is 3.71. The number of nitrogens with zero attached hydrogens (tertiary/aromatic N) is 1. The van der Waals surface area contributed by atoms with E-state index in [1.807, 2.05) is 0 Å². The molecule has 0 aromatic carbocycles. The molecule has 1 amide bonds. The molecule has 1 heterocycles. The van der Waals surface area contributed by atoms with Crippen LogP contribution < -0.4 is 5.73 Å². The van der Waals surface area contributed by atoms with Crippen molar-refractivity contribution in [1.29, 1.82) is 0 Å². The number of likely N-dealkylation sites (tertiary alicyclic amines) is 1. The maximum Gasteiger partial charge on any atom is 0.227 e. The predicted molar refractivity (Wildman–Crippen MR) is 74.1 cm³/mol. The first kappa shape index (κ1) is 13.9. The van der Waals surface area contributed by atoms with Gasteiger partial charge in [-0.05, 0) is 37.0 Å². The Morgan fingerprint density at radius 3 is 2.61 bits per heavy atom. The van der Waals surface area contributed by atoms with E-state index in [2.05, 4.69) is 25.7 Å². The molecule has 2 N–H and O–H groups in total. The summed E-state index contributed by atoms with van der Waals surface area (Å²) in [5.74, 6) is 0.835. The zero-order chi connectivity index (χ0) is 13.3. The highest BCUT2D eigenvalue weighted by atomic mass is 16.2. The molecule has 3 nitrogen and oxygen atoms in total. The molecule has 0 bridgehead atoms. The second-order valence-corrected chi connectivity index (χ2v) is 7.13. The van der Waals surface area contributed by atoms with Crippen molar-refractivity contribution < 1.29 is 4.79 Å². The summed E-state index contributed by atoms with van der Waals surface area (Å²) in [4.78, 5) is 14.8. The second kappa shape index (κ2) is 5.20. The smallest absolute Gasteiger partial charge is 0.227 e. The van der Waals surface area contributed by atoms with Crippen molar-refractivity contribution >= 4 is 5.91 Å². The van der Waals surface area contributed by atoms with E-state index in [9.17, 15) is 4.79 Å². The lowest BCUT2D eigenvalue weighted by Crippen LogP contribution is -2.52. The summed E-state index contributed by atoms with van der Waals surface area (Å²) in [7, 11) is 0. The Morgan fingerprint density at radius 1 is 1.28 bits per heavy atom. The van der Waals surface area contributed by atoms with E-state index in [-0.39, 0.29) is 17.4 Å². The molecule has 0 aromatic heterocycles. The van der Waals surface area contributed by atoms with Gasteiger partial charge in [0, 0.05) is 19.1 Å². The largest absolute Gasteiger partial charge is 0.342 e. The van der Waals surface area contributed by atoms with Crippen molar-refractivity contribution in [2.24, 2.45) is 23.0 Å². The summed E-state index contributed by atoms with van der Waals surface area (Å²) in [6.45, 7) is 8.55. The summed E-state index contributed by atoms with van der Waals surface area (Å²) < 4.78 is 0. The third kappa shape index (κ3) is 2.87. The van der Waals surface area contributed by atoms with Crippen LogP contribution in [0.4, 0.5) is 0 Å². The minimum absolute atomic E-state index is 0.0626. The molecule has 2 fully saturated rings. The normalized spacial score (nSPS) is 36.4. The van der Waals surface area contributed by atoms with Crippen molar-refractivity contribution in [2.75, 3.05) is 13.1 Å². The maximum atomic E-state index is 12.7. The highest BCUT2D eigenvalue weighted by Gasteiger charge is 2.38. The Hall–Kier alpha value is -0.570. The van der Waals surface area contributed by atoms with E-state index in [4.69, 9.17) is 5.73 Å². The quantitative estimate of drug-likeness (QED) is 0.779. The van der Waals surface area contributed by atoms with Gasteiger partial charge in [-0.1, -0.05) is 27.2 Å². The molecule has 3 unspecified atom stereocenters. The molecule has 2 rings (SSSR count).